The lowest BCUT2D eigenvalue weighted by atomic mass is 9.98. The Morgan fingerprint density at radius 2 is 1.70 bits per heavy atom. The molecule has 2 N–H and O–H groups in total. The highest BCUT2D eigenvalue weighted by atomic mass is 15.2. The quantitative estimate of drug-likeness (QED) is 0.881. The van der Waals surface area contributed by atoms with E-state index in [4.69, 9.17) is 5.73 Å². The van der Waals surface area contributed by atoms with Crippen LogP contribution in [0.15, 0.2) is 24.3 Å². The molecule has 2 rings (SSSR count). The molecule has 0 aliphatic carbocycles. The van der Waals surface area contributed by atoms with E-state index in [0.29, 0.717) is 5.92 Å². The maximum absolute atomic E-state index is 6.42. The van der Waals surface area contributed by atoms with Crippen LogP contribution in [-0.2, 0) is 0 Å². The number of rotatable bonds is 5. The Morgan fingerprint density at radius 3 is 2.25 bits per heavy atom. The molecule has 1 saturated heterocycles. The first-order chi connectivity index (χ1) is 9.49. The van der Waals surface area contributed by atoms with Gasteiger partial charge >= 0.3 is 0 Å². The van der Waals surface area contributed by atoms with Crippen molar-refractivity contribution in [2.75, 3.05) is 13.1 Å². The van der Waals surface area contributed by atoms with Crippen LogP contribution in [0.2, 0.25) is 0 Å². The predicted molar refractivity (Wildman–Crippen MR) is 86.9 cm³/mol. The molecule has 1 aliphatic rings. The zero-order valence-electron chi connectivity index (χ0n) is 13.5. The van der Waals surface area contributed by atoms with E-state index in [2.05, 4.69) is 56.9 Å². The molecular formula is C18H30N2. The second-order valence-electron chi connectivity index (χ2n) is 6.88. The van der Waals surface area contributed by atoms with Gasteiger partial charge in [-0.05, 0) is 42.3 Å². The molecule has 1 heterocycles. The van der Waals surface area contributed by atoms with Gasteiger partial charge in [0.1, 0.15) is 0 Å². The first kappa shape index (κ1) is 15.5. The highest BCUT2D eigenvalue weighted by Crippen LogP contribution is 2.26. The summed E-state index contributed by atoms with van der Waals surface area (Å²) in [7, 11) is 0. The monoisotopic (exact) mass is 274 g/mol. The predicted octanol–water partition coefficient (Wildman–Crippen LogP) is 3.93. The highest BCUT2D eigenvalue weighted by molar-refractivity contribution is 5.26. The molecular weight excluding hydrogens is 244 g/mol. The van der Waals surface area contributed by atoms with Gasteiger partial charge in [0.2, 0.25) is 0 Å². The summed E-state index contributed by atoms with van der Waals surface area (Å²) in [6, 6.07) is 9.72. The molecule has 2 heteroatoms. The first-order valence-electron chi connectivity index (χ1n) is 8.08. The molecule has 1 aliphatic heterocycles. The van der Waals surface area contributed by atoms with Crippen LogP contribution in [-0.4, -0.2) is 24.0 Å². The van der Waals surface area contributed by atoms with Crippen molar-refractivity contribution < 1.29 is 0 Å². The van der Waals surface area contributed by atoms with Crippen LogP contribution >= 0.6 is 0 Å². The van der Waals surface area contributed by atoms with Crippen LogP contribution in [0.4, 0.5) is 0 Å². The lowest BCUT2D eigenvalue weighted by molar-refractivity contribution is 0.196. The van der Waals surface area contributed by atoms with Gasteiger partial charge in [0.05, 0.1) is 0 Å². The van der Waals surface area contributed by atoms with Crippen molar-refractivity contribution in [3.63, 3.8) is 0 Å². The fourth-order valence-electron chi connectivity index (χ4n) is 3.32. The molecule has 0 saturated carbocycles. The molecule has 20 heavy (non-hydrogen) atoms. The number of nitrogens with zero attached hydrogens (tertiary/aromatic N) is 1. The Hall–Kier alpha value is -0.860. The molecule has 112 valence electrons. The Balaban J connectivity index is 1.99. The molecule has 1 fully saturated rings. The summed E-state index contributed by atoms with van der Waals surface area (Å²) < 4.78 is 0. The van der Waals surface area contributed by atoms with Gasteiger partial charge < -0.3 is 5.73 Å². The first-order valence-corrected chi connectivity index (χ1v) is 8.08. The van der Waals surface area contributed by atoms with Crippen molar-refractivity contribution in [3.8, 4) is 0 Å². The number of likely N-dealkylation sites (tertiary alicyclic amines) is 1. The molecule has 0 amide bonds. The van der Waals surface area contributed by atoms with Gasteiger partial charge in [0.15, 0.2) is 0 Å². The third kappa shape index (κ3) is 3.62. The lowest BCUT2D eigenvalue weighted by Gasteiger charge is -2.30. The average molecular weight is 274 g/mol. The van der Waals surface area contributed by atoms with Crippen LogP contribution in [0, 0.1) is 5.92 Å². The van der Waals surface area contributed by atoms with E-state index in [0.717, 1.165) is 18.5 Å². The minimum atomic E-state index is 0.135. The zero-order chi connectivity index (χ0) is 14.7. The third-order valence-electron chi connectivity index (χ3n) is 4.65. The number of nitrogens with two attached hydrogens (primary N) is 1. The third-order valence-corrected chi connectivity index (χ3v) is 4.65. The van der Waals surface area contributed by atoms with Crippen molar-refractivity contribution in [3.05, 3.63) is 35.4 Å². The summed E-state index contributed by atoms with van der Waals surface area (Å²) in [6.45, 7) is 11.3. The molecule has 0 spiro atoms. The topological polar surface area (TPSA) is 29.3 Å². The molecule has 2 atom stereocenters. The van der Waals surface area contributed by atoms with Crippen LogP contribution < -0.4 is 5.73 Å². The summed E-state index contributed by atoms with van der Waals surface area (Å²) >= 11 is 0. The summed E-state index contributed by atoms with van der Waals surface area (Å²) in [5.74, 6) is 1.32. The Kier molecular flexibility index (Phi) is 5.22. The largest absolute Gasteiger partial charge is 0.323 e. The summed E-state index contributed by atoms with van der Waals surface area (Å²) in [4.78, 5) is 2.59. The fraction of sp³-hybridized carbons (Fsp3) is 0.667. The second kappa shape index (κ2) is 6.73. The molecule has 0 bridgehead atoms. The van der Waals surface area contributed by atoms with Crippen molar-refractivity contribution in [2.45, 2.75) is 58.5 Å². The van der Waals surface area contributed by atoms with E-state index in [1.165, 1.54) is 30.5 Å². The standard InChI is InChI=1S/C18H30N2/c1-13(2)15-7-9-16(10-8-15)17(19)12-20-11-5-6-18(20)14(3)4/h7-10,13-14,17-18H,5-6,11-12,19H2,1-4H3. The van der Waals surface area contributed by atoms with E-state index in [-0.39, 0.29) is 6.04 Å². The minimum Gasteiger partial charge on any atom is -0.323 e. The summed E-state index contributed by atoms with van der Waals surface area (Å²) in [6.07, 6.45) is 2.65. The van der Waals surface area contributed by atoms with Gasteiger partial charge in [-0.25, -0.2) is 0 Å². The number of benzene rings is 1. The van der Waals surface area contributed by atoms with Gasteiger partial charge in [-0.15, -0.1) is 0 Å². The van der Waals surface area contributed by atoms with Gasteiger partial charge in [-0.3, -0.25) is 4.90 Å². The van der Waals surface area contributed by atoms with E-state index in [1.54, 1.807) is 0 Å². The fourth-order valence-corrected chi connectivity index (χ4v) is 3.32. The van der Waals surface area contributed by atoms with E-state index >= 15 is 0 Å². The SMILES string of the molecule is CC(C)c1ccc(C(N)CN2CCCC2C(C)C)cc1. The molecule has 2 nitrogen and oxygen atoms in total. The molecule has 1 aromatic rings. The van der Waals surface area contributed by atoms with Crippen molar-refractivity contribution in [1.82, 2.24) is 4.90 Å². The molecule has 0 aromatic heterocycles. The van der Waals surface area contributed by atoms with Crippen molar-refractivity contribution >= 4 is 0 Å². The average Bonchev–Trinajstić information content (AvgIpc) is 2.87. The van der Waals surface area contributed by atoms with Gasteiger partial charge in [0, 0.05) is 18.6 Å². The number of hydrogen-bond acceptors (Lipinski definition) is 2. The van der Waals surface area contributed by atoms with Gasteiger partial charge in [-0.2, -0.15) is 0 Å². The van der Waals surface area contributed by atoms with Gasteiger partial charge in [-0.1, -0.05) is 52.0 Å². The minimum absolute atomic E-state index is 0.135. The molecule has 1 aromatic carbocycles. The highest BCUT2D eigenvalue weighted by Gasteiger charge is 2.28. The molecule has 2 unspecified atom stereocenters. The normalized spacial score (nSPS) is 21.9. The summed E-state index contributed by atoms with van der Waals surface area (Å²) in [5.41, 5.74) is 9.08. The van der Waals surface area contributed by atoms with Gasteiger partial charge in [0.25, 0.3) is 0 Å². The van der Waals surface area contributed by atoms with Crippen LogP contribution in [0.5, 0.6) is 0 Å². The van der Waals surface area contributed by atoms with E-state index in [9.17, 15) is 0 Å². The second-order valence-corrected chi connectivity index (χ2v) is 6.88. The van der Waals surface area contributed by atoms with E-state index < -0.39 is 0 Å². The Morgan fingerprint density at radius 1 is 1.10 bits per heavy atom. The lowest BCUT2D eigenvalue weighted by Crippen LogP contribution is -2.38. The van der Waals surface area contributed by atoms with Crippen LogP contribution in [0.1, 0.15) is 63.6 Å². The smallest absolute Gasteiger partial charge is 0.0424 e. The van der Waals surface area contributed by atoms with Crippen molar-refractivity contribution in [1.29, 1.82) is 0 Å². The maximum atomic E-state index is 6.42. The maximum Gasteiger partial charge on any atom is 0.0424 e. The molecule has 0 radical (unpaired) electrons. The number of hydrogen-bond donors (Lipinski definition) is 1. The van der Waals surface area contributed by atoms with E-state index in [1.807, 2.05) is 0 Å². The van der Waals surface area contributed by atoms with Crippen molar-refractivity contribution in [2.24, 2.45) is 11.7 Å². The summed E-state index contributed by atoms with van der Waals surface area (Å²) in [5, 5.41) is 0. The van der Waals surface area contributed by atoms with Crippen LogP contribution in [0.25, 0.3) is 0 Å². The Bertz CT molecular complexity index is 408. The zero-order valence-corrected chi connectivity index (χ0v) is 13.5. The van der Waals surface area contributed by atoms with Crippen LogP contribution in [0.3, 0.4) is 0 Å². The Labute approximate surface area is 124 Å².